The molecule has 0 N–H and O–H groups in total. The van der Waals surface area contributed by atoms with Gasteiger partial charge in [-0.05, 0) is 55.3 Å². The Labute approximate surface area is 168 Å². The van der Waals surface area contributed by atoms with Crippen LogP contribution in [0.15, 0.2) is 69.2 Å². The van der Waals surface area contributed by atoms with Gasteiger partial charge in [-0.1, -0.05) is 24.3 Å². The zero-order valence-electron chi connectivity index (χ0n) is 16.0. The SMILES string of the molecule is Cc1ccc(N(C(=O)c2cc3ccccc3oc2=O)C2C=CS(=O)(=O)C2)cc1C. The van der Waals surface area contributed by atoms with Gasteiger partial charge in [-0.3, -0.25) is 4.79 Å². The summed E-state index contributed by atoms with van der Waals surface area (Å²) in [5.74, 6) is -0.829. The van der Waals surface area contributed by atoms with Gasteiger partial charge in [-0.15, -0.1) is 0 Å². The number of carbonyl (C=O) groups is 1. The summed E-state index contributed by atoms with van der Waals surface area (Å²) < 4.78 is 29.3. The third-order valence-electron chi connectivity index (χ3n) is 5.10. The van der Waals surface area contributed by atoms with Crippen LogP contribution in [0.4, 0.5) is 5.69 Å². The highest BCUT2D eigenvalue weighted by Crippen LogP contribution is 2.27. The van der Waals surface area contributed by atoms with Gasteiger partial charge in [0.2, 0.25) is 0 Å². The van der Waals surface area contributed by atoms with Crippen molar-refractivity contribution < 1.29 is 17.6 Å². The number of carbonyl (C=O) groups excluding carboxylic acids is 1. The Morgan fingerprint density at radius 3 is 2.52 bits per heavy atom. The van der Waals surface area contributed by atoms with Crippen molar-refractivity contribution in [1.29, 1.82) is 0 Å². The van der Waals surface area contributed by atoms with Crippen molar-refractivity contribution in [3.8, 4) is 0 Å². The van der Waals surface area contributed by atoms with E-state index in [9.17, 15) is 18.0 Å². The predicted octanol–water partition coefficient (Wildman–Crippen LogP) is 3.37. The number of anilines is 1. The molecule has 148 valence electrons. The fraction of sp³-hybridized carbons (Fsp3) is 0.182. The van der Waals surface area contributed by atoms with Gasteiger partial charge in [-0.2, -0.15) is 0 Å². The third kappa shape index (κ3) is 3.61. The molecular formula is C22H19NO5S. The molecule has 0 aliphatic carbocycles. The Morgan fingerprint density at radius 1 is 1.07 bits per heavy atom. The minimum atomic E-state index is -3.40. The number of benzene rings is 2. The van der Waals surface area contributed by atoms with Gasteiger partial charge in [0.15, 0.2) is 9.84 Å². The van der Waals surface area contributed by atoms with Crippen molar-refractivity contribution in [2.45, 2.75) is 19.9 Å². The Balaban J connectivity index is 1.86. The number of amides is 1. The zero-order chi connectivity index (χ0) is 20.8. The number of hydrogen-bond donors (Lipinski definition) is 0. The monoisotopic (exact) mass is 409 g/mol. The molecule has 1 unspecified atom stereocenters. The molecule has 0 spiro atoms. The maximum atomic E-state index is 13.4. The lowest BCUT2D eigenvalue weighted by Gasteiger charge is -2.28. The molecule has 6 nitrogen and oxygen atoms in total. The number of sulfone groups is 1. The van der Waals surface area contributed by atoms with Crippen molar-refractivity contribution >= 4 is 32.4 Å². The molecular weight excluding hydrogens is 390 g/mol. The van der Waals surface area contributed by atoms with Gasteiger partial charge in [-0.25, -0.2) is 13.2 Å². The first kappa shape index (κ1) is 19.1. The fourth-order valence-corrected chi connectivity index (χ4v) is 4.66. The topological polar surface area (TPSA) is 84.7 Å². The first-order valence-electron chi connectivity index (χ1n) is 9.10. The first-order chi connectivity index (χ1) is 13.7. The van der Waals surface area contributed by atoms with Crippen LogP contribution in [0.1, 0.15) is 21.5 Å². The zero-order valence-corrected chi connectivity index (χ0v) is 16.8. The van der Waals surface area contributed by atoms with Crippen LogP contribution in [-0.4, -0.2) is 26.1 Å². The summed E-state index contributed by atoms with van der Waals surface area (Å²) in [7, 11) is -3.40. The summed E-state index contributed by atoms with van der Waals surface area (Å²) in [6.45, 7) is 3.86. The Kier molecular flexibility index (Phi) is 4.62. The van der Waals surface area contributed by atoms with Crippen LogP contribution in [0, 0.1) is 13.8 Å². The molecule has 7 heteroatoms. The lowest BCUT2D eigenvalue weighted by atomic mass is 10.1. The maximum Gasteiger partial charge on any atom is 0.349 e. The largest absolute Gasteiger partial charge is 0.422 e. The number of nitrogens with zero attached hydrogens (tertiary/aromatic N) is 1. The van der Waals surface area contributed by atoms with E-state index in [1.807, 2.05) is 26.0 Å². The predicted molar refractivity (Wildman–Crippen MR) is 112 cm³/mol. The Hall–Kier alpha value is -3.19. The van der Waals surface area contributed by atoms with Crippen LogP contribution in [0.3, 0.4) is 0 Å². The van der Waals surface area contributed by atoms with E-state index in [1.165, 1.54) is 17.0 Å². The molecule has 1 aliphatic heterocycles. The van der Waals surface area contributed by atoms with Gasteiger partial charge >= 0.3 is 5.63 Å². The smallest absolute Gasteiger partial charge is 0.349 e. The van der Waals surface area contributed by atoms with E-state index in [0.29, 0.717) is 16.7 Å². The van der Waals surface area contributed by atoms with E-state index in [4.69, 9.17) is 4.42 Å². The van der Waals surface area contributed by atoms with E-state index < -0.39 is 27.4 Å². The van der Waals surface area contributed by atoms with Gasteiger partial charge in [0.1, 0.15) is 11.1 Å². The van der Waals surface area contributed by atoms with E-state index in [2.05, 4.69) is 0 Å². The molecule has 2 heterocycles. The van der Waals surface area contributed by atoms with Crippen LogP contribution in [0.5, 0.6) is 0 Å². The summed E-state index contributed by atoms with van der Waals surface area (Å²) in [6.07, 6.45) is 1.48. The number of rotatable bonds is 3. The van der Waals surface area contributed by atoms with Crippen molar-refractivity contribution in [3.63, 3.8) is 0 Å². The molecule has 0 radical (unpaired) electrons. The lowest BCUT2D eigenvalue weighted by Crippen LogP contribution is -2.43. The molecule has 4 rings (SSSR count). The third-order valence-corrected chi connectivity index (χ3v) is 6.48. The van der Waals surface area contributed by atoms with E-state index in [0.717, 1.165) is 16.5 Å². The number of hydrogen-bond acceptors (Lipinski definition) is 5. The lowest BCUT2D eigenvalue weighted by molar-refractivity contribution is 0.0979. The maximum absolute atomic E-state index is 13.4. The van der Waals surface area contributed by atoms with Crippen molar-refractivity contribution in [2.75, 3.05) is 10.7 Å². The highest BCUT2D eigenvalue weighted by Gasteiger charge is 2.33. The normalized spacial score (nSPS) is 17.5. The highest BCUT2D eigenvalue weighted by atomic mass is 32.2. The highest BCUT2D eigenvalue weighted by molar-refractivity contribution is 7.94. The standard InChI is InChI=1S/C22H19NO5S/c1-14-7-8-17(11-15(14)2)23(18-9-10-29(26,27)13-18)21(24)19-12-16-5-3-4-6-20(16)28-22(19)25/h3-12,18H,13H2,1-2H3. The number of fused-ring (bicyclic) bond motifs is 1. The molecule has 0 saturated heterocycles. The second-order valence-corrected chi connectivity index (χ2v) is 9.09. The van der Waals surface area contributed by atoms with Gasteiger partial charge in [0.25, 0.3) is 5.91 Å². The molecule has 1 amide bonds. The molecule has 3 aromatic rings. The summed E-state index contributed by atoms with van der Waals surface area (Å²) in [5.41, 5.74) is 2.01. The van der Waals surface area contributed by atoms with Crippen LogP contribution < -0.4 is 10.5 Å². The Bertz CT molecular complexity index is 1320. The minimum Gasteiger partial charge on any atom is -0.422 e. The fourth-order valence-electron chi connectivity index (χ4n) is 3.40. The van der Waals surface area contributed by atoms with Crippen LogP contribution >= 0.6 is 0 Å². The molecule has 0 saturated carbocycles. The summed E-state index contributed by atoms with van der Waals surface area (Å²) in [6, 6.07) is 13.1. The van der Waals surface area contributed by atoms with E-state index >= 15 is 0 Å². The van der Waals surface area contributed by atoms with Crippen LogP contribution in [0.2, 0.25) is 0 Å². The molecule has 1 aliphatic rings. The second-order valence-electron chi connectivity index (χ2n) is 7.15. The van der Waals surface area contributed by atoms with Crippen molar-refractivity contribution in [3.05, 3.63) is 87.1 Å². The molecule has 29 heavy (non-hydrogen) atoms. The second kappa shape index (κ2) is 7.00. The average Bonchev–Trinajstić information content (AvgIpc) is 3.03. The molecule has 1 aromatic heterocycles. The summed E-state index contributed by atoms with van der Waals surface area (Å²) >= 11 is 0. The van der Waals surface area contributed by atoms with Crippen molar-refractivity contribution in [2.24, 2.45) is 0 Å². The van der Waals surface area contributed by atoms with Crippen LogP contribution in [0.25, 0.3) is 11.0 Å². The minimum absolute atomic E-state index is 0.139. The summed E-state index contributed by atoms with van der Waals surface area (Å²) in [5, 5.41) is 1.73. The summed E-state index contributed by atoms with van der Waals surface area (Å²) in [4.78, 5) is 27.3. The van der Waals surface area contributed by atoms with Gasteiger partial charge in [0.05, 0.1) is 11.8 Å². The van der Waals surface area contributed by atoms with Crippen molar-refractivity contribution in [1.82, 2.24) is 0 Å². The molecule has 0 bridgehead atoms. The van der Waals surface area contributed by atoms with E-state index in [1.54, 1.807) is 30.3 Å². The number of para-hydroxylation sites is 1. The molecule has 0 fully saturated rings. The quantitative estimate of drug-likeness (QED) is 0.619. The van der Waals surface area contributed by atoms with E-state index in [-0.39, 0.29) is 11.3 Å². The van der Waals surface area contributed by atoms with Crippen LogP contribution in [-0.2, 0) is 9.84 Å². The molecule has 1 atom stereocenters. The molecule has 2 aromatic carbocycles. The Morgan fingerprint density at radius 2 is 1.83 bits per heavy atom. The number of aryl methyl sites for hydroxylation is 2. The first-order valence-corrected chi connectivity index (χ1v) is 10.8. The average molecular weight is 409 g/mol. The van der Waals surface area contributed by atoms with Gasteiger partial charge in [0, 0.05) is 16.5 Å². The van der Waals surface area contributed by atoms with Gasteiger partial charge < -0.3 is 9.32 Å².